The van der Waals surface area contributed by atoms with Gasteiger partial charge in [0, 0.05) is 6.07 Å². The number of aromatic nitrogens is 4. The van der Waals surface area contributed by atoms with Gasteiger partial charge in [-0.05, 0) is 17.7 Å². The number of hydrogen-bond donors (Lipinski definition) is 2. The van der Waals surface area contributed by atoms with Gasteiger partial charge in [-0.3, -0.25) is 9.89 Å². The van der Waals surface area contributed by atoms with Gasteiger partial charge in [-0.15, -0.1) is 0 Å². The van der Waals surface area contributed by atoms with Crippen LogP contribution in [0, 0.1) is 0 Å². The van der Waals surface area contributed by atoms with Crippen LogP contribution in [-0.4, -0.2) is 19.7 Å². The van der Waals surface area contributed by atoms with Gasteiger partial charge < -0.3 is 5.73 Å². The molecule has 0 saturated carbocycles. The molecule has 6 nitrogen and oxygen atoms in total. The third-order valence-electron chi connectivity index (χ3n) is 4.04. The van der Waals surface area contributed by atoms with Crippen molar-refractivity contribution in [1.82, 2.24) is 19.7 Å². The van der Waals surface area contributed by atoms with Crippen LogP contribution in [0.1, 0.15) is 17.4 Å². The van der Waals surface area contributed by atoms with Gasteiger partial charge in [0.05, 0.1) is 28.2 Å². The van der Waals surface area contributed by atoms with Crippen LogP contribution >= 0.6 is 11.6 Å². The van der Waals surface area contributed by atoms with Gasteiger partial charge in [0.2, 0.25) is 0 Å². The largest absolute Gasteiger partial charge is 0.318 e. The first kappa shape index (κ1) is 15.6. The number of H-pyrrole nitrogens is 1. The lowest BCUT2D eigenvalue weighted by Crippen LogP contribution is -2.29. The summed E-state index contributed by atoms with van der Waals surface area (Å²) >= 11 is 6.23. The average Bonchev–Trinajstić information content (AvgIpc) is 3.15. The second kappa shape index (κ2) is 6.16. The molecule has 2 aromatic heterocycles. The van der Waals surface area contributed by atoms with Gasteiger partial charge in [-0.2, -0.15) is 5.10 Å². The number of nitrogens with two attached hydrogens (primary N) is 1. The van der Waals surface area contributed by atoms with E-state index < -0.39 is 6.04 Å². The number of benzene rings is 2. The fourth-order valence-corrected chi connectivity index (χ4v) is 3.08. The van der Waals surface area contributed by atoms with Crippen LogP contribution in [0.2, 0.25) is 5.02 Å². The van der Waals surface area contributed by atoms with Gasteiger partial charge in [-0.25, -0.2) is 9.55 Å². The van der Waals surface area contributed by atoms with E-state index in [9.17, 15) is 4.79 Å². The second-order valence-corrected chi connectivity index (χ2v) is 5.98. The topological polar surface area (TPSA) is 89.6 Å². The number of fused-ring (bicyclic) bond motifs is 1. The summed E-state index contributed by atoms with van der Waals surface area (Å²) in [6.07, 6.45) is 1.57. The molecule has 0 bridgehead atoms. The molecule has 1 unspecified atom stereocenters. The van der Waals surface area contributed by atoms with E-state index >= 15 is 0 Å². The number of hydrogen-bond acceptors (Lipinski definition) is 4. The molecule has 1 atom stereocenters. The Morgan fingerprint density at radius 2 is 1.88 bits per heavy atom. The van der Waals surface area contributed by atoms with E-state index in [1.54, 1.807) is 30.5 Å². The maximum absolute atomic E-state index is 13.1. The molecule has 0 aliphatic heterocycles. The number of nitrogens with zero attached hydrogens (tertiary/aromatic N) is 3. The molecule has 2 aromatic carbocycles. The molecule has 4 rings (SSSR count). The normalized spacial score (nSPS) is 12.4. The fraction of sp³-hybridized carbons (Fsp3) is 0.0556. The van der Waals surface area contributed by atoms with Crippen LogP contribution < -0.4 is 11.3 Å². The van der Waals surface area contributed by atoms with E-state index in [4.69, 9.17) is 17.3 Å². The maximum Gasteiger partial charge on any atom is 0.268 e. The SMILES string of the molecule is NC(c1ccccc1)c1nc2cccc(Cl)c2c(=O)n1-c1ccn[nH]1. The van der Waals surface area contributed by atoms with Gasteiger partial charge in [0.25, 0.3) is 5.56 Å². The van der Waals surface area contributed by atoms with Crippen molar-refractivity contribution < 1.29 is 0 Å². The van der Waals surface area contributed by atoms with Crippen LogP contribution in [0.15, 0.2) is 65.6 Å². The molecule has 0 aliphatic carbocycles. The van der Waals surface area contributed by atoms with Crippen molar-refractivity contribution in [3.63, 3.8) is 0 Å². The van der Waals surface area contributed by atoms with Crippen molar-refractivity contribution in [2.75, 3.05) is 0 Å². The van der Waals surface area contributed by atoms with E-state index in [2.05, 4.69) is 15.2 Å². The molecule has 0 aliphatic rings. The van der Waals surface area contributed by atoms with Gasteiger partial charge >= 0.3 is 0 Å². The fourth-order valence-electron chi connectivity index (χ4n) is 2.83. The Hall–Kier alpha value is -2.96. The van der Waals surface area contributed by atoms with Crippen LogP contribution in [0.25, 0.3) is 16.7 Å². The molecular formula is C18H14ClN5O. The van der Waals surface area contributed by atoms with Gasteiger partial charge in [0.15, 0.2) is 0 Å². The summed E-state index contributed by atoms with van der Waals surface area (Å²) in [5, 5.41) is 7.43. The van der Waals surface area contributed by atoms with Crippen molar-refractivity contribution in [1.29, 1.82) is 0 Å². The first-order valence-corrected chi connectivity index (χ1v) is 8.06. The summed E-state index contributed by atoms with van der Waals surface area (Å²) in [5.41, 5.74) is 7.50. The molecular weight excluding hydrogens is 338 g/mol. The van der Waals surface area contributed by atoms with E-state index in [0.29, 0.717) is 27.6 Å². The predicted octanol–water partition coefficient (Wildman–Crippen LogP) is 2.81. The van der Waals surface area contributed by atoms with Crippen molar-refractivity contribution in [2.24, 2.45) is 5.73 Å². The summed E-state index contributed by atoms with van der Waals surface area (Å²) in [7, 11) is 0. The highest BCUT2D eigenvalue weighted by Gasteiger charge is 2.21. The summed E-state index contributed by atoms with van der Waals surface area (Å²) in [6, 6.07) is 15.8. The van der Waals surface area contributed by atoms with Crippen molar-refractivity contribution in [2.45, 2.75) is 6.04 Å². The Balaban J connectivity index is 2.06. The highest BCUT2D eigenvalue weighted by atomic mass is 35.5. The zero-order valence-electron chi connectivity index (χ0n) is 13.1. The molecule has 4 aromatic rings. The van der Waals surface area contributed by atoms with Crippen LogP contribution in [0.3, 0.4) is 0 Å². The minimum Gasteiger partial charge on any atom is -0.318 e. The standard InChI is InChI=1S/C18H14ClN5O/c19-12-7-4-8-13-15(12)18(25)24(14-9-10-21-23-14)17(22-13)16(20)11-5-2-1-3-6-11/h1-10,16H,20H2,(H,21,23). The van der Waals surface area contributed by atoms with Crippen LogP contribution in [0.4, 0.5) is 0 Å². The summed E-state index contributed by atoms with van der Waals surface area (Å²) in [6.45, 7) is 0. The van der Waals surface area contributed by atoms with Crippen LogP contribution in [-0.2, 0) is 0 Å². The number of aromatic amines is 1. The minimum absolute atomic E-state index is 0.291. The number of halogens is 1. The highest BCUT2D eigenvalue weighted by molar-refractivity contribution is 6.35. The minimum atomic E-state index is -0.583. The molecule has 3 N–H and O–H groups in total. The second-order valence-electron chi connectivity index (χ2n) is 5.57. The summed E-state index contributed by atoms with van der Waals surface area (Å²) in [4.78, 5) is 17.8. The zero-order valence-corrected chi connectivity index (χ0v) is 13.8. The zero-order chi connectivity index (χ0) is 17.4. The Morgan fingerprint density at radius 3 is 2.60 bits per heavy atom. The molecule has 0 saturated heterocycles. The molecule has 25 heavy (non-hydrogen) atoms. The maximum atomic E-state index is 13.1. The third kappa shape index (κ3) is 2.61. The predicted molar refractivity (Wildman–Crippen MR) is 97.0 cm³/mol. The molecule has 0 radical (unpaired) electrons. The van der Waals surface area contributed by atoms with Gasteiger partial charge in [0.1, 0.15) is 11.6 Å². The van der Waals surface area contributed by atoms with Crippen molar-refractivity contribution in [3.05, 3.63) is 87.6 Å². The lowest BCUT2D eigenvalue weighted by molar-refractivity contribution is 0.718. The molecule has 7 heteroatoms. The first-order chi connectivity index (χ1) is 12.2. The van der Waals surface area contributed by atoms with Crippen molar-refractivity contribution in [3.8, 4) is 5.82 Å². The molecule has 0 amide bonds. The summed E-state index contributed by atoms with van der Waals surface area (Å²) in [5.74, 6) is 0.899. The molecule has 0 fully saturated rings. The Kier molecular flexibility index (Phi) is 3.83. The van der Waals surface area contributed by atoms with E-state index in [-0.39, 0.29) is 5.56 Å². The lowest BCUT2D eigenvalue weighted by Gasteiger charge is -2.18. The Bertz CT molecular complexity index is 1090. The quantitative estimate of drug-likeness (QED) is 0.594. The Labute approximate surface area is 147 Å². The van der Waals surface area contributed by atoms with Gasteiger partial charge in [-0.1, -0.05) is 48.0 Å². The highest BCUT2D eigenvalue weighted by Crippen LogP contribution is 2.24. The van der Waals surface area contributed by atoms with E-state index in [1.165, 1.54) is 4.57 Å². The third-order valence-corrected chi connectivity index (χ3v) is 4.35. The lowest BCUT2D eigenvalue weighted by atomic mass is 10.1. The smallest absolute Gasteiger partial charge is 0.268 e. The Morgan fingerprint density at radius 1 is 1.08 bits per heavy atom. The van der Waals surface area contributed by atoms with Crippen molar-refractivity contribution >= 4 is 22.5 Å². The number of rotatable bonds is 3. The number of nitrogens with one attached hydrogen (secondary N) is 1. The average molecular weight is 352 g/mol. The van der Waals surface area contributed by atoms with E-state index in [1.807, 2.05) is 30.3 Å². The monoisotopic (exact) mass is 351 g/mol. The first-order valence-electron chi connectivity index (χ1n) is 7.68. The van der Waals surface area contributed by atoms with Crippen LogP contribution in [0.5, 0.6) is 0 Å². The molecule has 0 spiro atoms. The molecule has 124 valence electrons. The molecule has 2 heterocycles. The van der Waals surface area contributed by atoms with E-state index in [0.717, 1.165) is 5.56 Å². The summed E-state index contributed by atoms with van der Waals surface area (Å²) < 4.78 is 1.43.